The Balaban J connectivity index is 2.50. The van der Waals surface area contributed by atoms with Gasteiger partial charge in [0.05, 0.1) is 29.3 Å². The van der Waals surface area contributed by atoms with Gasteiger partial charge < -0.3 is 10.2 Å². The van der Waals surface area contributed by atoms with E-state index in [-0.39, 0.29) is 23.6 Å². The van der Waals surface area contributed by atoms with E-state index in [4.69, 9.17) is 10.2 Å². The molecule has 2 aromatic carbocycles. The van der Waals surface area contributed by atoms with E-state index in [2.05, 4.69) is 0 Å². The number of aliphatic hydroxyl groups is 1. The van der Waals surface area contributed by atoms with Crippen molar-refractivity contribution >= 4 is 21.7 Å². The number of carboxylic acid groups (broad SMARTS) is 1. The van der Waals surface area contributed by atoms with E-state index in [0.29, 0.717) is 5.69 Å². The minimum atomic E-state index is -3.96. The fourth-order valence-corrected chi connectivity index (χ4v) is 3.49. The smallest absolute Gasteiger partial charge is 0.335 e. The summed E-state index contributed by atoms with van der Waals surface area (Å²) in [5, 5.41) is 18.1. The second-order valence-corrected chi connectivity index (χ2v) is 6.33. The predicted octanol–water partition coefficient (Wildman–Crippen LogP) is 1.57. The van der Waals surface area contributed by atoms with Crippen molar-refractivity contribution < 1.29 is 23.4 Å². The standard InChI is InChI=1S/C15H15NO5S/c17-10-9-16(13-6-2-1-3-7-13)22(20,21)14-8-4-5-12(11-14)15(18)19/h1-8,11,17H,9-10H2,(H,18,19). The third kappa shape index (κ3) is 3.26. The Bertz CT molecular complexity index is 759. The molecule has 0 aromatic heterocycles. The number of aliphatic hydroxyl groups excluding tert-OH is 1. The van der Waals surface area contributed by atoms with E-state index in [1.54, 1.807) is 30.3 Å². The topological polar surface area (TPSA) is 94.9 Å². The SMILES string of the molecule is O=C(O)c1cccc(S(=O)(=O)N(CCO)c2ccccc2)c1. The molecule has 0 atom stereocenters. The molecule has 0 unspecified atom stereocenters. The molecule has 0 heterocycles. The van der Waals surface area contributed by atoms with Crippen LogP contribution in [0, 0.1) is 0 Å². The number of sulfonamides is 1. The van der Waals surface area contributed by atoms with Gasteiger partial charge in [-0.15, -0.1) is 0 Å². The summed E-state index contributed by atoms with van der Waals surface area (Å²) in [5.41, 5.74) is 0.287. The van der Waals surface area contributed by atoms with Gasteiger partial charge in [-0.25, -0.2) is 13.2 Å². The average Bonchev–Trinajstić information content (AvgIpc) is 2.53. The van der Waals surface area contributed by atoms with Crippen LogP contribution in [0.4, 0.5) is 5.69 Å². The summed E-state index contributed by atoms with van der Waals surface area (Å²) < 4.78 is 26.5. The first-order chi connectivity index (χ1) is 10.5. The van der Waals surface area contributed by atoms with Gasteiger partial charge in [0.15, 0.2) is 0 Å². The zero-order valence-electron chi connectivity index (χ0n) is 11.6. The fourth-order valence-electron chi connectivity index (χ4n) is 1.99. The number of rotatable bonds is 6. The molecule has 7 heteroatoms. The van der Waals surface area contributed by atoms with Crippen LogP contribution >= 0.6 is 0 Å². The molecule has 0 saturated heterocycles. The van der Waals surface area contributed by atoms with Crippen LogP contribution in [0.2, 0.25) is 0 Å². The van der Waals surface area contributed by atoms with Gasteiger partial charge in [0.25, 0.3) is 10.0 Å². The number of aromatic carboxylic acids is 1. The summed E-state index contributed by atoms with van der Waals surface area (Å²) in [7, 11) is -3.96. The first-order valence-corrected chi connectivity index (χ1v) is 7.93. The maximum absolute atomic E-state index is 12.7. The number of carbonyl (C=O) groups is 1. The quantitative estimate of drug-likeness (QED) is 0.842. The highest BCUT2D eigenvalue weighted by Crippen LogP contribution is 2.23. The van der Waals surface area contributed by atoms with E-state index < -0.39 is 16.0 Å². The Labute approximate surface area is 128 Å². The number of carboxylic acids is 1. The first kappa shape index (κ1) is 16.0. The number of hydrogen-bond acceptors (Lipinski definition) is 4. The molecule has 6 nitrogen and oxygen atoms in total. The fraction of sp³-hybridized carbons (Fsp3) is 0.133. The largest absolute Gasteiger partial charge is 0.478 e. The summed E-state index contributed by atoms with van der Waals surface area (Å²) in [6.45, 7) is -0.476. The highest BCUT2D eigenvalue weighted by Gasteiger charge is 2.25. The molecule has 0 aliphatic carbocycles. The average molecular weight is 321 g/mol. The van der Waals surface area contributed by atoms with Crippen LogP contribution in [-0.4, -0.2) is 37.8 Å². The van der Waals surface area contributed by atoms with Crippen LogP contribution in [0.5, 0.6) is 0 Å². The molecule has 0 aliphatic rings. The lowest BCUT2D eigenvalue weighted by molar-refractivity contribution is 0.0696. The molecular weight excluding hydrogens is 306 g/mol. The predicted molar refractivity (Wildman–Crippen MR) is 81.5 cm³/mol. The highest BCUT2D eigenvalue weighted by atomic mass is 32.2. The molecule has 0 aliphatic heterocycles. The molecule has 2 N–H and O–H groups in total. The molecule has 22 heavy (non-hydrogen) atoms. The van der Waals surface area contributed by atoms with Gasteiger partial charge >= 0.3 is 5.97 Å². The van der Waals surface area contributed by atoms with Crippen molar-refractivity contribution in [3.8, 4) is 0 Å². The van der Waals surface area contributed by atoms with Crippen LogP contribution in [-0.2, 0) is 10.0 Å². The number of para-hydroxylation sites is 1. The molecule has 0 amide bonds. The van der Waals surface area contributed by atoms with E-state index in [9.17, 15) is 13.2 Å². The van der Waals surface area contributed by atoms with E-state index in [1.807, 2.05) is 0 Å². The zero-order chi connectivity index (χ0) is 16.2. The molecule has 0 bridgehead atoms. The second-order valence-electron chi connectivity index (χ2n) is 4.47. The van der Waals surface area contributed by atoms with Gasteiger partial charge in [0.2, 0.25) is 0 Å². The molecule has 2 rings (SSSR count). The van der Waals surface area contributed by atoms with Gasteiger partial charge in [-0.1, -0.05) is 24.3 Å². The van der Waals surface area contributed by atoms with Crippen LogP contribution in [0.1, 0.15) is 10.4 Å². The maximum atomic E-state index is 12.7. The van der Waals surface area contributed by atoms with Crippen molar-refractivity contribution in [3.05, 3.63) is 60.2 Å². The van der Waals surface area contributed by atoms with E-state index in [0.717, 1.165) is 10.4 Å². The third-order valence-electron chi connectivity index (χ3n) is 3.02. The summed E-state index contributed by atoms with van der Waals surface area (Å²) in [6.07, 6.45) is 0. The third-order valence-corrected chi connectivity index (χ3v) is 4.84. The normalized spacial score (nSPS) is 11.1. The van der Waals surface area contributed by atoms with Gasteiger partial charge in [0, 0.05) is 0 Å². The van der Waals surface area contributed by atoms with Crippen molar-refractivity contribution in [2.75, 3.05) is 17.5 Å². The number of benzene rings is 2. The maximum Gasteiger partial charge on any atom is 0.335 e. The number of hydrogen-bond donors (Lipinski definition) is 2. The summed E-state index contributed by atoms with van der Waals surface area (Å²) in [4.78, 5) is 10.9. The molecule has 0 fully saturated rings. The molecule has 0 radical (unpaired) electrons. The van der Waals surface area contributed by atoms with Crippen molar-refractivity contribution in [1.29, 1.82) is 0 Å². The van der Waals surface area contributed by atoms with Crippen molar-refractivity contribution in [2.45, 2.75) is 4.90 Å². The van der Waals surface area contributed by atoms with Crippen LogP contribution in [0.25, 0.3) is 0 Å². The highest BCUT2D eigenvalue weighted by molar-refractivity contribution is 7.92. The Morgan fingerprint density at radius 3 is 2.32 bits per heavy atom. The first-order valence-electron chi connectivity index (χ1n) is 6.49. The molecular formula is C15H15NO5S. The monoisotopic (exact) mass is 321 g/mol. The summed E-state index contributed by atoms with van der Waals surface area (Å²) in [6, 6.07) is 13.4. The zero-order valence-corrected chi connectivity index (χ0v) is 12.4. The van der Waals surface area contributed by atoms with Gasteiger partial charge in [-0.05, 0) is 30.3 Å². The number of anilines is 1. The second kappa shape index (κ2) is 6.59. The Morgan fingerprint density at radius 1 is 1.05 bits per heavy atom. The summed E-state index contributed by atoms with van der Waals surface area (Å²) in [5.74, 6) is -1.20. The van der Waals surface area contributed by atoms with Crippen molar-refractivity contribution in [1.82, 2.24) is 0 Å². The van der Waals surface area contributed by atoms with Gasteiger partial charge in [-0.3, -0.25) is 4.31 Å². The van der Waals surface area contributed by atoms with Crippen LogP contribution in [0.15, 0.2) is 59.5 Å². The van der Waals surface area contributed by atoms with Crippen molar-refractivity contribution in [2.24, 2.45) is 0 Å². The Hall–Kier alpha value is -2.38. The molecule has 0 saturated carbocycles. The Kier molecular flexibility index (Phi) is 4.79. The van der Waals surface area contributed by atoms with E-state index in [1.165, 1.54) is 18.2 Å². The minimum absolute atomic E-state index is 0.113. The van der Waals surface area contributed by atoms with Gasteiger partial charge in [-0.2, -0.15) is 0 Å². The Morgan fingerprint density at radius 2 is 1.73 bits per heavy atom. The lowest BCUT2D eigenvalue weighted by atomic mass is 10.2. The number of nitrogens with zero attached hydrogens (tertiary/aromatic N) is 1. The minimum Gasteiger partial charge on any atom is -0.478 e. The van der Waals surface area contributed by atoms with Crippen LogP contribution < -0.4 is 4.31 Å². The lowest BCUT2D eigenvalue weighted by Gasteiger charge is -2.23. The van der Waals surface area contributed by atoms with Crippen molar-refractivity contribution in [3.63, 3.8) is 0 Å². The molecule has 116 valence electrons. The summed E-state index contributed by atoms with van der Waals surface area (Å²) >= 11 is 0. The van der Waals surface area contributed by atoms with E-state index >= 15 is 0 Å². The molecule has 2 aromatic rings. The lowest BCUT2D eigenvalue weighted by Crippen LogP contribution is -2.33. The van der Waals surface area contributed by atoms with Crippen LogP contribution in [0.3, 0.4) is 0 Å². The van der Waals surface area contributed by atoms with Gasteiger partial charge in [0.1, 0.15) is 0 Å². The molecule has 0 spiro atoms.